The van der Waals surface area contributed by atoms with Crippen LogP contribution in [-0.2, 0) is 13.6 Å². The number of para-hydroxylation sites is 1. The number of aryl methyl sites for hydroxylation is 1. The van der Waals surface area contributed by atoms with Gasteiger partial charge in [0, 0.05) is 18.8 Å². The van der Waals surface area contributed by atoms with Gasteiger partial charge in [0.15, 0.2) is 0 Å². The highest BCUT2D eigenvalue weighted by molar-refractivity contribution is 6.01. The van der Waals surface area contributed by atoms with E-state index in [1.807, 2.05) is 12.3 Å². The number of fused-ring (bicyclic) bond motifs is 7. The normalized spacial score (nSPS) is 12.7. The van der Waals surface area contributed by atoms with Crippen LogP contribution < -0.4 is 4.57 Å². The summed E-state index contributed by atoms with van der Waals surface area (Å²) in [5.41, 5.74) is 8.46. The predicted molar refractivity (Wildman–Crippen MR) is 102 cm³/mol. The quantitative estimate of drug-likeness (QED) is 0.419. The minimum absolute atomic E-state index is 0.886. The lowest BCUT2D eigenvalue weighted by atomic mass is 10.1. The first-order valence-electron chi connectivity index (χ1n) is 8.86. The Morgan fingerprint density at radius 2 is 1.73 bits per heavy atom. The molecule has 6 rings (SSSR count). The fraction of sp³-hybridized carbons (Fsp3) is 0.0909. The van der Waals surface area contributed by atoms with E-state index in [9.17, 15) is 0 Å². The van der Waals surface area contributed by atoms with E-state index in [0.717, 1.165) is 17.6 Å². The molecule has 5 aromatic rings. The zero-order valence-corrected chi connectivity index (χ0v) is 14.4. The van der Waals surface area contributed by atoms with Crippen molar-refractivity contribution in [1.82, 2.24) is 14.1 Å². The second-order valence-electron chi connectivity index (χ2n) is 6.84. The van der Waals surface area contributed by atoms with Gasteiger partial charge in [0.1, 0.15) is 17.7 Å². The summed E-state index contributed by atoms with van der Waals surface area (Å²) in [5.74, 6) is 1.24. The van der Waals surface area contributed by atoms with Crippen LogP contribution in [0.25, 0.3) is 39.3 Å². The molecule has 0 N–H and O–H groups in total. The second-order valence-corrected chi connectivity index (χ2v) is 6.84. The molecule has 26 heavy (non-hydrogen) atoms. The van der Waals surface area contributed by atoms with Gasteiger partial charge in [-0.05, 0) is 30.3 Å². The Bertz CT molecular complexity index is 1310. The van der Waals surface area contributed by atoms with Crippen LogP contribution in [0, 0.1) is 0 Å². The third kappa shape index (κ3) is 1.59. The largest absolute Gasteiger partial charge is 0.306 e. The molecule has 0 bridgehead atoms. The van der Waals surface area contributed by atoms with E-state index >= 15 is 0 Å². The number of imidazole rings is 1. The van der Waals surface area contributed by atoms with Crippen LogP contribution >= 0.6 is 0 Å². The van der Waals surface area contributed by atoms with E-state index in [1.54, 1.807) is 0 Å². The van der Waals surface area contributed by atoms with Gasteiger partial charge >= 0.3 is 0 Å². The molecule has 1 aliphatic heterocycles. The summed E-state index contributed by atoms with van der Waals surface area (Å²) in [7, 11) is 2.13. The summed E-state index contributed by atoms with van der Waals surface area (Å²) < 4.78 is 7.06. The monoisotopic (exact) mass is 337 g/mol. The number of rotatable bonds is 1. The molecule has 124 valence electrons. The fourth-order valence-corrected chi connectivity index (χ4v) is 4.35. The third-order valence-corrected chi connectivity index (χ3v) is 5.45. The Labute approximate surface area is 150 Å². The van der Waals surface area contributed by atoms with Gasteiger partial charge < -0.3 is 4.57 Å². The van der Waals surface area contributed by atoms with Crippen molar-refractivity contribution in [2.45, 2.75) is 6.54 Å². The molecule has 0 saturated heterocycles. The van der Waals surface area contributed by atoms with Crippen molar-refractivity contribution in [3.8, 4) is 17.1 Å². The Kier molecular flexibility index (Phi) is 2.57. The van der Waals surface area contributed by atoms with E-state index in [-0.39, 0.29) is 0 Å². The third-order valence-electron chi connectivity index (χ3n) is 5.45. The number of hydrogen-bond acceptors (Lipinski definition) is 1. The van der Waals surface area contributed by atoms with E-state index in [0.29, 0.717) is 0 Å². The number of aromatic nitrogens is 4. The van der Waals surface area contributed by atoms with Crippen molar-refractivity contribution in [2.75, 3.05) is 0 Å². The van der Waals surface area contributed by atoms with Crippen LogP contribution in [0.5, 0.6) is 0 Å². The number of hydrogen-bond donors (Lipinski definition) is 0. The standard InChI is InChI=1S/C22H17N4/c1-24-18-12-7-13-23-19(18)20-22(24)26(16-9-3-2-4-10-16)21-17-11-6-5-8-15(17)14-25(20)21/h2-13H,14H2,1H3/q+1. The fourth-order valence-electron chi connectivity index (χ4n) is 4.35. The number of pyridine rings is 1. The predicted octanol–water partition coefficient (Wildman–Crippen LogP) is 3.83. The minimum atomic E-state index is 0.886. The molecule has 1 aliphatic rings. The highest BCUT2D eigenvalue weighted by Gasteiger charge is 2.38. The summed E-state index contributed by atoms with van der Waals surface area (Å²) in [6.45, 7) is 0.886. The summed E-state index contributed by atoms with van der Waals surface area (Å²) in [4.78, 5) is 4.72. The Morgan fingerprint density at radius 1 is 0.923 bits per heavy atom. The van der Waals surface area contributed by atoms with Gasteiger partial charge in [0.05, 0.1) is 11.1 Å². The van der Waals surface area contributed by atoms with Gasteiger partial charge in [-0.2, -0.15) is 4.57 Å². The zero-order valence-electron chi connectivity index (χ0n) is 14.4. The summed E-state index contributed by atoms with van der Waals surface area (Å²) in [6.07, 6.45) is 1.89. The average molecular weight is 337 g/mol. The van der Waals surface area contributed by atoms with Crippen molar-refractivity contribution in [1.29, 1.82) is 0 Å². The van der Waals surface area contributed by atoms with Crippen LogP contribution in [0.4, 0.5) is 0 Å². The van der Waals surface area contributed by atoms with E-state index < -0.39 is 0 Å². The van der Waals surface area contributed by atoms with Crippen molar-refractivity contribution in [3.05, 3.63) is 78.5 Å². The molecule has 2 aromatic carbocycles. The van der Waals surface area contributed by atoms with Crippen LogP contribution in [-0.4, -0.2) is 14.1 Å². The molecule has 4 heteroatoms. The summed E-state index contributed by atoms with van der Waals surface area (Å²) in [6, 6.07) is 23.5. The molecule has 0 amide bonds. The van der Waals surface area contributed by atoms with Crippen molar-refractivity contribution in [3.63, 3.8) is 0 Å². The van der Waals surface area contributed by atoms with Gasteiger partial charge in [-0.3, -0.25) is 0 Å². The SMILES string of the molecule is Cn1c2cccnc2c2c1n(-c1ccccc1)c1[n+]2Cc2ccccc2-1. The van der Waals surface area contributed by atoms with Crippen molar-refractivity contribution < 1.29 is 4.57 Å². The van der Waals surface area contributed by atoms with Crippen molar-refractivity contribution in [2.24, 2.45) is 7.05 Å². The van der Waals surface area contributed by atoms with Crippen LogP contribution in [0.2, 0.25) is 0 Å². The highest BCUT2D eigenvalue weighted by Crippen LogP contribution is 2.36. The van der Waals surface area contributed by atoms with Gasteiger partial charge in [0.25, 0.3) is 11.5 Å². The molecule has 0 atom stereocenters. The first-order chi connectivity index (χ1) is 12.8. The maximum absolute atomic E-state index is 4.72. The average Bonchev–Trinajstić information content (AvgIpc) is 3.31. The van der Waals surface area contributed by atoms with E-state index in [2.05, 4.69) is 81.4 Å². The first kappa shape index (κ1) is 13.8. The van der Waals surface area contributed by atoms with Crippen LogP contribution in [0.3, 0.4) is 0 Å². The van der Waals surface area contributed by atoms with Crippen molar-refractivity contribution >= 4 is 22.2 Å². The zero-order chi connectivity index (χ0) is 17.3. The van der Waals surface area contributed by atoms with Gasteiger partial charge in [-0.1, -0.05) is 36.4 Å². The van der Waals surface area contributed by atoms with Gasteiger partial charge in [0.2, 0.25) is 5.52 Å². The molecule has 3 aromatic heterocycles. The molecule has 4 nitrogen and oxygen atoms in total. The lowest BCUT2D eigenvalue weighted by Crippen LogP contribution is -2.31. The lowest BCUT2D eigenvalue weighted by Gasteiger charge is -2.03. The second kappa shape index (κ2) is 4.82. The molecule has 0 radical (unpaired) electrons. The summed E-state index contributed by atoms with van der Waals surface area (Å²) >= 11 is 0. The molecular weight excluding hydrogens is 320 g/mol. The van der Waals surface area contributed by atoms with E-state index in [1.165, 1.54) is 33.8 Å². The molecular formula is C22H17N4+. The molecule has 0 fully saturated rings. The summed E-state index contributed by atoms with van der Waals surface area (Å²) in [5, 5.41) is 0. The van der Waals surface area contributed by atoms with Crippen LogP contribution in [0.15, 0.2) is 72.9 Å². The minimum Gasteiger partial charge on any atom is -0.306 e. The van der Waals surface area contributed by atoms with Gasteiger partial charge in [-0.25, -0.2) is 9.55 Å². The molecule has 0 unspecified atom stereocenters. The molecule has 4 heterocycles. The maximum atomic E-state index is 4.72. The Balaban J connectivity index is 1.87. The van der Waals surface area contributed by atoms with Crippen LogP contribution in [0.1, 0.15) is 5.56 Å². The number of nitrogens with zero attached hydrogens (tertiary/aromatic N) is 4. The Morgan fingerprint density at radius 3 is 2.62 bits per heavy atom. The number of benzene rings is 2. The topological polar surface area (TPSA) is 26.6 Å². The molecule has 0 spiro atoms. The van der Waals surface area contributed by atoms with Gasteiger partial charge in [-0.15, -0.1) is 0 Å². The van der Waals surface area contributed by atoms with E-state index in [4.69, 9.17) is 4.98 Å². The first-order valence-corrected chi connectivity index (χ1v) is 8.86. The molecule has 0 aliphatic carbocycles. The lowest BCUT2D eigenvalue weighted by molar-refractivity contribution is -0.645. The Hall–Kier alpha value is -3.40. The smallest absolute Gasteiger partial charge is 0.297 e. The maximum Gasteiger partial charge on any atom is 0.297 e. The highest BCUT2D eigenvalue weighted by atomic mass is 15.3. The molecule has 0 saturated carbocycles.